The molecule has 0 fully saturated rings. The smallest absolute Gasteiger partial charge is 0.129 e. The average molecular weight is 303 g/mol. The Morgan fingerprint density at radius 2 is 1.90 bits per heavy atom. The van der Waals surface area contributed by atoms with Crippen molar-refractivity contribution in [3.05, 3.63) is 70.6 Å². The Labute approximate surface area is 126 Å². The van der Waals surface area contributed by atoms with Gasteiger partial charge in [-0.2, -0.15) is 0 Å². The first-order valence-corrected chi connectivity index (χ1v) is 7.58. The fraction of sp³-hybridized carbons (Fsp3) is 0.176. The van der Waals surface area contributed by atoms with Gasteiger partial charge in [-0.05, 0) is 42.6 Å². The largest absolute Gasteiger partial charge is 0.312 e. The first-order valence-electron chi connectivity index (χ1n) is 6.77. The Bertz CT molecular complexity index is 733. The van der Waals surface area contributed by atoms with Crippen LogP contribution in [0.3, 0.4) is 0 Å². The average Bonchev–Trinajstić information content (AvgIpc) is 2.90. The van der Waals surface area contributed by atoms with Crippen molar-refractivity contribution in [1.29, 1.82) is 0 Å². The minimum atomic E-state index is -0.542. The number of benzene rings is 2. The van der Waals surface area contributed by atoms with Crippen molar-refractivity contribution in [2.45, 2.75) is 12.5 Å². The number of thiophene rings is 1. The van der Waals surface area contributed by atoms with E-state index in [9.17, 15) is 8.78 Å². The topological polar surface area (TPSA) is 12.0 Å². The molecule has 2 aromatic carbocycles. The van der Waals surface area contributed by atoms with E-state index < -0.39 is 11.6 Å². The maximum atomic E-state index is 13.8. The summed E-state index contributed by atoms with van der Waals surface area (Å²) in [5.74, 6) is -1.03. The van der Waals surface area contributed by atoms with Crippen molar-refractivity contribution in [1.82, 2.24) is 5.32 Å². The summed E-state index contributed by atoms with van der Waals surface area (Å²) in [5, 5.41) is 4.41. The van der Waals surface area contributed by atoms with E-state index in [1.807, 2.05) is 19.2 Å². The van der Waals surface area contributed by atoms with E-state index in [2.05, 4.69) is 23.5 Å². The number of fused-ring (bicyclic) bond motifs is 1. The molecule has 1 heterocycles. The minimum Gasteiger partial charge on any atom is -0.312 e. The van der Waals surface area contributed by atoms with E-state index >= 15 is 0 Å². The molecule has 0 aliphatic rings. The van der Waals surface area contributed by atoms with Crippen molar-refractivity contribution in [2.75, 3.05) is 7.05 Å². The molecule has 0 radical (unpaired) electrons. The molecule has 0 aliphatic carbocycles. The van der Waals surface area contributed by atoms with Crippen LogP contribution in [0.2, 0.25) is 0 Å². The lowest BCUT2D eigenvalue weighted by atomic mass is 10.0. The fourth-order valence-electron chi connectivity index (χ4n) is 2.43. The lowest BCUT2D eigenvalue weighted by Crippen LogP contribution is -2.18. The summed E-state index contributed by atoms with van der Waals surface area (Å²) in [6.07, 6.45) is 0.495. The zero-order valence-corrected chi connectivity index (χ0v) is 12.4. The van der Waals surface area contributed by atoms with Crippen LogP contribution in [0.4, 0.5) is 8.78 Å². The van der Waals surface area contributed by atoms with Gasteiger partial charge in [-0.1, -0.05) is 24.3 Å². The third-order valence-electron chi connectivity index (χ3n) is 3.58. The Balaban J connectivity index is 1.90. The van der Waals surface area contributed by atoms with Crippen molar-refractivity contribution in [2.24, 2.45) is 0 Å². The summed E-state index contributed by atoms with van der Waals surface area (Å²) >= 11 is 1.70. The van der Waals surface area contributed by atoms with Crippen LogP contribution in [0.1, 0.15) is 16.5 Å². The molecule has 0 spiro atoms. The summed E-state index contributed by atoms with van der Waals surface area (Å²) in [5.41, 5.74) is 0.521. The second kappa shape index (κ2) is 5.92. The molecular weight excluding hydrogens is 288 g/mol. The monoisotopic (exact) mass is 303 g/mol. The van der Waals surface area contributed by atoms with Gasteiger partial charge >= 0.3 is 0 Å². The lowest BCUT2D eigenvalue weighted by molar-refractivity contribution is 0.544. The first-order chi connectivity index (χ1) is 10.2. The van der Waals surface area contributed by atoms with E-state index in [0.717, 1.165) is 10.9 Å². The molecule has 0 bridgehead atoms. The molecule has 0 saturated carbocycles. The van der Waals surface area contributed by atoms with Gasteiger partial charge in [-0.25, -0.2) is 8.78 Å². The second-order valence-corrected chi connectivity index (χ2v) is 6.08. The predicted octanol–water partition coefficient (Wildman–Crippen LogP) is 4.68. The third-order valence-corrected chi connectivity index (χ3v) is 4.81. The molecule has 1 N–H and O–H groups in total. The van der Waals surface area contributed by atoms with Crippen molar-refractivity contribution >= 4 is 21.4 Å². The van der Waals surface area contributed by atoms with E-state index in [1.54, 1.807) is 11.3 Å². The molecule has 3 aromatic rings. The number of halogens is 2. The zero-order chi connectivity index (χ0) is 14.8. The van der Waals surface area contributed by atoms with Crippen LogP contribution < -0.4 is 5.32 Å². The van der Waals surface area contributed by atoms with E-state index in [4.69, 9.17) is 0 Å². The molecule has 0 amide bonds. The molecule has 1 unspecified atom stereocenters. The highest BCUT2D eigenvalue weighted by molar-refractivity contribution is 7.19. The van der Waals surface area contributed by atoms with Crippen LogP contribution in [0.25, 0.3) is 10.1 Å². The molecule has 3 rings (SSSR count). The maximum absolute atomic E-state index is 13.8. The van der Waals surface area contributed by atoms with Crippen LogP contribution in [0, 0.1) is 11.6 Å². The van der Waals surface area contributed by atoms with Crippen LogP contribution in [-0.4, -0.2) is 7.05 Å². The summed E-state index contributed by atoms with van der Waals surface area (Å²) in [6.45, 7) is 0. The number of likely N-dealkylation sites (N-methyl/N-ethyl adjacent to an activating group) is 1. The highest BCUT2D eigenvalue weighted by Gasteiger charge is 2.15. The van der Waals surface area contributed by atoms with E-state index in [1.165, 1.54) is 22.2 Å². The van der Waals surface area contributed by atoms with Gasteiger partial charge in [0.2, 0.25) is 0 Å². The van der Waals surface area contributed by atoms with Crippen LogP contribution in [0.5, 0.6) is 0 Å². The molecule has 0 saturated heterocycles. The van der Waals surface area contributed by atoms with Crippen molar-refractivity contribution in [3.63, 3.8) is 0 Å². The molecule has 4 heteroatoms. The second-order valence-electron chi connectivity index (χ2n) is 4.97. The molecule has 21 heavy (non-hydrogen) atoms. The van der Waals surface area contributed by atoms with Crippen molar-refractivity contribution < 1.29 is 8.78 Å². The summed E-state index contributed by atoms with van der Waals surface area (Å²) in [7, 11) is 1.86. The standard InChI is InChI=1S/C17H15F2NS/c1-20-15(8-11-6-7-13(18)10-14(11)19)17-9-12-4-2-3-5-16(12)21-17/h2-7,9-10,15,20H,8H2,1H3. The Hall–Kier alpha value is -1.78. The molecule has 0 aliphatic heterocycles. The summed E-state index contributed by atoms with van der Waals surface area (Å²) in [4.78, 5) is 1.16. The lowest BCUT2D eigenvalue weighted by Gasteiger charge is -2.15. The number of hydrogen-bond acceptors (Lipinski definition) is 2. The molecule has 1 atom stereocenters. The predicted molar refractivity (Wildman–Crippen MR) is 83.7 cm³/mol. The SMILES string of the molecule is CNC(Cc1ccc(F)cc1F)c1cc2ccccc2s1. The molecular formula is C17H15F2NS. The van der Waals surface area contributed by atoms with Crippen LogP contribution >= 0.6 is 11.3 Å². The van der Waals surface area contributed by atoms with Gasteiger partial charge < -0.3 is 5.32 Å². The van der Waals surface area contributed by atoms with Crippen LogP contribution in [-0.2, 0) is 6.42 Å². The van der Waals surface area contributed by atoms with Gasteiger partial charge in [0.15, 0.2) is 0 Å². The Morgan fingerprint density at radius 1 is 1.10 bits per heavy atom. The summed E-state index contributed by atoms with van der Waals surface area (Å²) < 4.78 is 28.0. The molecule has 108 valence electrons. The third kappa shape index (κ3) is 2.96. The van der Waals surface area contributed by atoms with Gasteiger partial charge in [0.05, 0.1) is 0 Å². The Kier molecular flexibility index (Phi) is 3.99. The van der Waals surface area contributed by atoms with Gasteiger partial charge in [0, 0.05) is 21.7 Å². The van der Waals surface area contributed by atoms with Gasteiger partial charge in [0.25, 0.3) is 0 Å². The first kappa shape index (κ1) is 14.2. The fourth-order valence-corrected chi connectivity index (χ4v) is 3.60. The quantitative estimate of drug-likeness (QED) is 0.738. The highest BCUT2D eigenvalue weighted by atomic mass is 32.1. The van der Waals surface area contributed by atoms with Gasteiger partial charge in [0.1, 0.15) is 11.6 Å². The minimum absolute atomic E-state index is 0.0161. The van der Waals surface area contributed by atoms with E-state index in [-0.39, 0.29) is 6.04 Å². The van der Waals surface area contributed by atoms with Crippen LogP contribution in [0.15, 0.2) is 48.5 Å². The zero-order valence-electron chi connectivity index (χ0n) is 11.6. The van der Waals surface area contributed by atoms with Gasteiger partial charge in [-0.3, -0.25) is 0 Å². The highest BCUT2D eigenvalue weighted by Crippen LogP contribution is 2.31. The summed E-state index contributed by atoms with van der Waals surface area (Å²) in [6, 6.07) is 14.1. The van der Waals surface area contributed by atoms with Crippen molar-refractivity contribution in [3.8, 4) is 0 Å². The van der Waals surface area contributed by atoms with Gasteiger partial charge in [-0.15, -0.1) is 11.3 Å². The molecule has 1 aromatic heterocycles. The number of nitrogens with one attached hydrogen (secondary N) is 1. The normalized spacial score (nSPS) is 12.7. The molecule has 1 nitrogen and oxygen atoms in total. The van der Waals surface area contributed by atoms with E-state index in [0.29, 0.717) is 12.0 Å². The maximum Gasteiger partial charge on any atom is 0.129 e. The number of rotatable bonds is 4. The number of hydrogen-bond donors (Lipinski definition) is 1. The Morgan fingerprint density at radius 3 is 2.62 bits per heavy atom.